The zero-order valence-corrected chi connectivity index (χ0v) is 22.9. The average Bonchev–Trinajstić information content (AvgIpc) is 3.46. The molecule has 0 bridgehead atoms. The number of nitrogens with one attached hydrogen (secondary N) is 1. The third-order valence-corrected chi connectivity index (χ3v) is 6.17. The van der Waals surface area contributed by atoms with Crippen molar-refractivity contribution >= 4 is 23.8 Å². The first-order valence-electron chi connectivity index (χ1n) is 13.0. The summed E-state index contributed by atoms with van der Waals surface area (Å²) in [6.45, 7) is 4.75. The minimum Gasteiger partial charge on any atom is -0.478 e. The van der Waals surface area contributed by atoms with Gasteiger partial charge in [-0.3, -0.25) is 0 Å². The van der Waals surface area contributed by atoms with Crippen LogP contribution in [-0.2, 0) is 16.1 Å². The molecule has 3 amide bonds. The van der Waals surface area contributed by atoms with Gasteiger partial charge in [0.2, 0.25) is 0 Å². The fraction of sp³-hybridized carbons (Fsp3) is 0.226. The number of aliphatic carboxylic acids is 1. The number of carbonyl (C=O) groups is 3. The highest BCUT2D eigenvalue weighted by Gasteiger charge is 2.30. The Morgan fingerprint density at radius 3 is 2.22 bits per heavy atom. The van der Waals surface area contributed by atoms with Crippen molar-refractivity contribution in [3.63, 3.8) is 0 Å². The van der Waals surface area contributed by atoms with Gasteiger partial charge >= 0.3 is 18.1 Å². The molecule has 4 aromatic rings. The number of carboxylic acids is 1. The lowest BCUT2D eigenvalue weighted by Crippen LogP contribution is -2.40. The van der Waals surface area contributed by atoms with Crippen molar-refractivity contribution in [2.75, 3.05) is 5.32 Å². The Bertz CT molecular complexity index is 1470. The highest BCUT2D eigenvalue weighted by atomic mass is 16.6. The quantitative estimate of drug-likeness (QED) is 0.215. The van der Waals surface area contributed by atoms with Crippen LogP contribution in [0.15, 0.2) is 95.5 Å². The van der Waals surface area contributed by atoms with Crippen LogP contribution in [0.25, 0.3) is 11.3 Å². The number of carbonyl (C=O) groups excluding carboxylic acids is 2. The molecule has 1 aromatic heterocycles. The van der Waals surface area contributed by atoms with Gasteiger partial charge in [-0.25, -0.2) is 19.3 Å². The van der Waals surface area contributed by atoms with Gasteiger partial charge in [0.15, 0.2) is 17.5 Å². The van der Waals surface area contributed by atoms with Crippen LogP contribution in [0.5, 0.6) is 5.75 Å². The Morgan fingerprint density at radius 1 is 0.976 bits per heavy atom. The van der Waals surface area contributed by atoms with Gasteiger partial charge in [0.25, 0.3) is 0 Å². The van der Waals surface area contributed by atoms with Gasteiger partial charge < -0.3 is 24.4 Å². The van der Waals surface area contributed by atoms with Gasteiger partial charge in [-0.2, -0.15) is 0 Å². The number of aromatic nitrogens is 1. The van der Waals surface area contributed by atoms with Crippen LogP contribution in [0.1, 0.15) is 44.6 Å². The molecule has 10 heteroatoms. The molecule has 1 atom stereocenters. The molecule has 212 valence electrons. The maximum absolute atomic E-state index is 13.3. The van der Waals surface area contributed by atoms with Crippen LogP contribution >= 0.6 is 0 Å². The summed E-state index contributed by atoms with van der Waals surface area (Å²) in [7, 11) is 0. The fourth-order valence-corrected chi connectivity index (χ4v) is 3.83. The molecule has 1 unspecified atom stereocenters. The predicted molar refractivity (Wildman–Crippen MR) is 151 cm³/mol. The molecular formula is C31H31N3O7. The number of hydrogen-bond acceptors (Lipinski definition) is 7. The fourth-order valence-electron chi connectivity index (χ4n) is 3.83. The number of hydrogen-bond donors (Lipinski definition) is 2. The molecule has 0 aliphatic heterocycles. The van der Waals surface area contributed by atoms with Crippen LogP contribution in [0.3, 0.4) is 0 Å². The molecule has 0 fully saturated rings. The number of carboxylic acid groups (broad SMARTS) is 1. The Labute approximate surface area is 237 Å². The zero-order valence-electron chi connectivity index (χ0n) is 22.9. The van der Waals surface area contributed by atoms with Gasteiger partial charge in [-0.1, -0.05) is 60.6 Å². The van der Waals surface area contributed by atoms with Crippen molar-refractivity contribution in [1.82, 2.24) is 10.1 Å². The third-order valence-electron chi connectivity index (χ3n) is 6.17. The van der Waals surface area contributed by atoms with Gasteiger partial charge in [-0.05, 0) is 62.2 Å². The molecule has 0 aliphatic rings. The van der Waals surface area contributed by atoms with E-state index in [9.17, 15) is 19.5 Å². The highest BCUT2D eigenvalue weighted by Crippen LogP contribution is 2.29. The first kappa shape index (κ1) is 28.9. The number of para-hydroxylation sites is 1. The maximum Gasteiger partial charge on any atom is 0.419 e. The molecule has 0 spiro atoms. The highest BCUT2D eigenvalue weighted by molar-refractivity contribution is 5.99. The third kappa shape index (κ3) is 7.51. The van der Waals surface area contributed by atoms with Gasteiger partial charge in [0.1, 0.15) is 11.4 Å². The van der Waals surface area contributed by atoms with Crippen LogP contribution in [-0.4, -0.2) is 38.9 Å². The predicted octanol–water partition coefficient (Wildman–Crippen LogP) is 6.91. The number of urea groups is 1. The second-order valence-electron chi connectivity index (χ2n) is 9.70. The number of rotatable bonds is 10. The molecule has 3 aromatic carbocycles. The van der Waals surface area contributed by atoms with Crippen LogP contribution < -0.4 is 10.1 Å². The van der Waals surface area contributed by atoms with Crippen molar-refractivity contribution in [2.45, 2.75) is 45.4 Å². The number of imide groups is 1. The standard InChI is InChI=1S/C31H31N3O7/c1-4-26(27-19-25(33-41-27)22-15-17-24(18-16-22)40-31(2,3)28(35)36)39-30(38)34(20-21-11-7-5-8-12-21)29(37)32-23-13-9-6-10-14-23/h5-19,26H,4,20H2,1-3H3,(H,32,37)(H,35,36). The summed E-state index contributed by atoms with van der Waals surface area (Å²) in [5, 5.41) is 16.1. The van der Waals surface area contributed by atoms with Crippen LogP contribution in [0.2, 0.25) is 0 Å². The topological polar surface area (TPSA) is 131 Å². The van der Waals surface area contributed by atoms with E-state index in [4.69, 9.17) is 14.0 Å². The van der Waals surface area contributed by atoms with Crippen molar-refractivity contribution in [2.24, 2.45) is 0 Å². The molecule has 10 nitrogen and oxygen atoms in total. The molecule has 0 radical (unpaired) electrons. The molecule has 0 saturated heterocycles. The minimum atomic E-state index is -1.38. The lowest BCUT2D eigenvalue weighted by Gasteiger charge is -2.23. The number of ether oxygens (including phenoxy) is 2. The Hall–Kier alpha value is -5.12. The van der Waals surface area contributed by atoms with Crippen LogP contribution in [0, 0.1) is 0 Å². The molecule has 2 N–H and O–H groups in total. The maximum atomic E-state index is 13.3. The SMILES string of the molecule is CCC(OC(=O)N(Cc1ccccc1)C(=O)Nc1ccccc1)c1cc(-c2ccc(OC(C)(C)C(=O)O)cc2)no1. The van der Waals surface area contributed by atoms with Gasteiger partial charge in [0, 0.05) is 17.3 Å². The van der Waals surface area contributed by atoms with Crippen molar-refractivity contribution in [1.29, 1.82) is 0 Å². The Balaban J connectivity index is 1.48. The van der Waals surface area contributed by atoms with Crippen molar-refractivity contribution < 1.29 is 33.5 Å². The summed E-state index contributed by atoms with van der Waals surface area (Å²) < 4.78 is 16.8. The lowest BCUT2D eigenvalue weighted by molar-refractivity contribution is -0.152. The smallest absolute Gasteiger partial charge is 0.419 e. The summed E-state index contributed by atoms with van der Waals surface area (Å²) in [5.41, 5.74) is 1.09. The van der Waals surface area contributed by atoms with E-state index in [-0.39, 0.29) is 6.54 Å². The molecule has 4 rings (SSSR count). The lowest BCUT2D eigenvalue weighted by atomic mass is 10.1. The van der Waals surface area contributed by atoms with Gasteiger partial charge in [0.05, 0.1) is 6.54 Å². The number of anilines is 1. The number of nitrogens with zero attached hydrogens (tertiary/aromatic N) is 2. The normalized spacial score (nSPS) is 11.8. The monoisotopic (exact) mass is 557 g/mol. The molecule has 1 heterocycles. The van der Waals surface area contributed by atoms with Crippen molar-refractivity contribution in [3.8, 4) is 17.0 Å². The summed E-state index contributed by atoms with van der Waals surface area (Å²) in [6.07, 6.45) is -1.27. The Morgan fingerprint density at radius 2 is 1.61 bits per heavy atom. The summed E-state index contributed by atoms with van der Waals surface area (Å²) >= 11 is 0. The Kier molecular flexibility index (Phi) is 9.03. The summed E-state index contributed by atoms with van der Waals surface area (Å²) in [6, 6.07) is 25.7. The summed E-state index contributed by atoms with van der Waals surface area (Å²) in [5.74, 6) is -0.383. The van der Waals surface area contributed by atoms with E-state index in [1.54, 1.807) is 54.6 Å². The van der Waals surface area contributed by atoms with E-state index in [0.29, 0.717) is 34.9 Å². The largest absolute Gasteiger partial charge is 0.478 e. The first-order chi connectivity index (χ1) is 19.7. The van der Waals surface area contributed by atoms with Crippen LogP contribution in [0.4, 0.5) is 15.3 Å². The van der Waals surface area contributed by atoms with E-state index < -0.39 is 29.8 Å². The first-order valence-corrected chi connectivity index (χ1v) is 13.0. The van der Waals surface area contributed by atoms with E-state index in [1.807, 2.05) is 43.3 Å². The van der Waals surface area contributed by atoms with E-state index in [1.165, 1.54) is 13.8 Å². The number of benzene rings is 3. The van der Waals surface area contributed by atoms with E-state index in [0.717, 1.165) is 10.5 Å². The van der Waals surface area contributed by atoms with Gasteiger partial charge in [-0.15, -0.1) is 0 Å². The van der Waals surface area contributed by atoms with Crippen molar-refractivity contribution in [3.05, 3.63) is 102 Å². The van der Waals surface area contributed by atoms with E-state index in [2.05, 4.69) is 10.5 Å². The minimum absolute atomic E-state index is 0.00350. The summed E-state index contributed by atoms with van der Waals surface area (Å²) in [4.78, 5) is 38.8. The average molecular weight is 558 g/mol. The molecule has 0 saturated carbocycles. The molecule has 0 aliphatic carbocycles. The molecule has 41 heavy (non-hydrogen) atoms. The molecular weight excluding hydrogens is 526 g/mol. The van der Waals surface area contributed by atoms with E-state index >= 15 is 0 Å². The second-order valence-corrected chi connectivity index (χ2v) is 9.70. The number of amides is 3. The zero-order chi connectivity index (χ0) is 29.4. The second kappa shape index (κ2) is 12.8.